The van der Waals surface area contributed by atoms with Crippen molar-refractivity contribution in [1.82, 2.24) is 4.57 Å². The summed E-state index contributed by atoms with van der Waals surface area (Å²) in [7, 11) is 0. The van der Waals surface area contributed by atoms with Gasteiger partial charge in [-0.1, -0.05) is 75.8 Å². The smallest absolute Gasteiger partial charge is 0.271 e. The van der Waals surface area contributed by atoms with Crippen LogP contribution in [-0.2, 0) is 6.42 Å². The molecule has 0 fully saturated rings. The summed E-state index contributed by atoms with van der Waals surface area (Å²) in [6.07, 6.45) is 5.92. The first-order chi connectivity index (χ1) is 16.6. The second-order valence-electron chi connectivity index (χ2n) is 8.44. The van der Waals surface area contributed by atoms with E-state index in [2.05, 4.69) is 95.0 Å². The molecule has 0 N–H and O–H groups in total. The van der Waals surface area contributed by atoms with Gasteiger partial charge < -0.3 is 0 Å². The molecule has 2 aliphatic rings. The van der Waals surface area contributed by atoms with Gasteiger partial charge in [0.05, 0.1) is 16.3 Å². The first kappa shape index (κ1) is 21.8. The zero-order valence-electron chi connectivity index (χ0n) is 18.5. The van der Waals surface area contributed by atoms with Gasteiger partial charge in [-0.15, -0.1) is 11.8 Å². The van der Waals surface area contributed by atoms with E-state index < -0.39 is 0 Å². The second-order valence-corrected chi connectivity index (χ2v) is 11.2. The van der Waals surface area contributed by atoms with Crippen LogP contribution in [0.4, 0.5) is 0 Å². The number of nitrogens with zero attached hydrogens (tertiary/aromatic N) is 2. The molecule has 0 saturated carbocycles. The summed E-state index contributed by atoms with van der Waals surface area (Å²) in [5.41, 5.74) is 6.94. The van der Waals surface area contributed by atoms with E-state index in [1.165, 1.54) is 32.9 Å². The summed E-state index contributed by atoms with van der Waals surface area (Å²) in [5, 5.41) is 0. The van der Waals surface area contributed by atoms with E-state index in [4.69, 9.17) is 4.99 Å². The summed E-state index contributed by atoms with van der Waals surface area (Å²) < 4.78 is 3.65. The zero-order valence-corrected chi connectivity index (χ0v) is 21.7. The minimum Gasteiger partial charge on any atom is -0.272 e. The van der Waals surface area contributed by atoms with Crippen molar-refractivity contribution >= 4 is 50.8 Å². The monoisotopic (exact) mass is 544 g/mol. The lowest BCUT2D eigenvalue weighted by molar-refractivity contribution is 0.585. The highest BCUT2D eigenvalue weighted by Crippen LogP contribution is 2.41. The van der Waals surface area contributed by atoms with Gasteiger partial charge in [-0.2, -0.15) is 0 Å². The Hall–Kier alpha value is -2.67. The van der Waals surface area contributed by atoms with Crippen LogP contribution >= 0.6 is 39.0 Å². The third kappa shape index (κ3) is 3.74. The number of fused-ring (bicyclic) bond motifs is 3. The minimum atomic E-state index is -0.145. The minimum absolute atomic E-state index is 0.0241. The van der Waals surface area contributed by atoms with Crippen molar-refractivity contribution in [2.24, 2.45) is 4.99 Å². The summed E-state index contributed by atoms with van der Waals surface area (Å²) in [6, 6.07) is 25.0. The maximum Gasteiger partial charge on any atom is 0.271 e. The third-order valence-corrected chi connectivity index (χ3v) is 8.73. The maximum absolute atomic E-state index is 13.8. The predicted molar refractivity (Wildman–Crippen MR) is 145 cm³/mol. The number of aromatic nitrogens is 1. The Kier molecular flexibility index (Phi) is 5.68. The van der Waals surface area contributed by atoms with Crippen LogP contribution in [0.5, 0.6) is 0 Å². The zero-order chi connectivity index (χ0) is 23.2. The highest BCUT2D eigenvalue weighted by Gasteiger charge is 2.32. The highest BCUT2D eigenvalue weighted by atomic mass is 79.9. The van der Waals surface area contributed by atoms with E-state index >= 15 is 0 Å². The number of halogens is 1. The van der Waals surface area contributed by atoms with Gasteiger partial charge in [-0.05, 0) is 71.7 Å². The quantitative estimate of drug-likeness (QED) is 0.305. The van der Waals surface area contributed by atoms with Crippen LogP contribution in [0.3, 0.4) is 0 Å². The number of thioether (sulfide) groups is 1. The van der Waals surface area contributed by atoms with Crippen molar-refractivity contribution in [2.75, 3.05) is 6.26 Å². The Labute approximate surface area is 214 Å². The van der Waals surface area contributed by atoms with Crippen molar-refractivity contribution in [3.8, 4) is 0 Å². The van der Waals surface area contributed by atoms with Crippen molar-refractivity contribution in [1.29, 1.82) is 0 Å². The molecule has 0 spiro atoms. The van der Waals surface area contributed by atoms with Crippen LogP contribution in [0.1, 0.15) is 34.7 Å². The second kappa shape index (κ2) is 8.84. The summed E-state index contributed by atoms with van der Waals surface area (Å²) in [4.78, 5) is 20.8. The molecular formula is C28H21BrN2OS2. The maximum atomic E-state index is 13.8. The van der Waals surface area contributed by atoms with Gasteiger partial charge in [0.1, 0.15) is 0 Å². The van der Waals surface area contributed by atoms with Gasteiger partial charge in [0, 0.05) is 14.9 Å². The van der Waals surface area contributed by atoms with Crippen molar-refractivity contribution in [2.45, 2.75) is 23.8 Å². The Balaban J connectivity index is 1.59. The summed E-state index contributed by atoms with van der Waals surface area (Å²) >= 11 is 6.74. The molecule has 34 heavy (non-hydrogen) atoms. The van der Waals surface area contributed by atoms with Gasteiger partial charge in [0.15, 0.2) is 4.80 Å². The number of thiazole rings is 1. The van der Waals surface area contributed by atoms with Gasteiger partial charge in [0.2, 0.25) is 0 Å². The Bertz CT molecular complexity index is 1610. The molecule has 6 heteroatoms. The fraction of sp³-hybridized carbons (Fsp3) is 0.143. The number of rotatable bonds is 3. The predicted octanol–water partition coefficient (Wildman–Crippen LogP) is 5.80. The van der Waals surface area contributed by atoms with Crippen LogP contribution in [0.25, 0.3) is 11.8 Å². The fourth-order valence-corrected chi connectivity index (χ4v) is 6.49. The average Bonchev–Trinajstić information content (AvgIpc) is 3.18. The van der Waals surface area contributed by atoms with Crippen LogP contribution < -0.4 is 14.9 Å². The molecule has 0 bridgehead atoms. The van der Waals surface area contributed by atoms with Gasteiger partial charge in [-0.3, -0.25) is 9.36 Å². The molecule has 3 aromatic carbocycles. The molecule has 0 unspecified atom stereocenters. The topological polar surface area (TPSA) is 34.4 Å². The molecule has 168 valence electrons. The molecule has 1 aliphatic carbocycles. The normalized spacial score (nSPS) is 17.1. The molecule has 1 aromatic heterocycles. The van der Waals surface area contributed by atoms with Crippen molar-refractivity contribution < 1.29 is 0 Å². The Morgan fingerprint density at radius 3 is 2.56 bits per heavy atom. The summed E-state index contributed by atoms with van der Waals surface area (Å²) in [6.45, 7) is 0. The number of allylic oxidation sites excluding steroid dienone is 1. The lowest BCUT2D eigenvalue weighted by atomic mass is 9.83. The van der Waals surface area contributed by atoms with E-state index in [1.807, 2.05) is 10.6 Å². The van der Waals surface area contributed by atoms with Crippen molar-refractivity contribution in [3.63, 3.8) is 0 Å². The molecule has 3 nitrogen and oxygen atoms in total. The standard InChI is InChI=1S/C28H21BrN2OS2/c1-33-21-13-6-17(7-14-21)16-24-27(32)31-26(19-8-11-20(29)12-9-19)23-15-10-18-4-2-3-5-22(18)25(23)30-28(31)34-24/h2-9,11-14,16,26H,10,15H2,1H3/b24-16-/t26-/m1/s1. The fourth-order valence-electron chi connectivity index (χ4n) is 4.82. The third-order valence-electron chi connectivity index (χ3n) is 6.47. The van der Waals surface area contributed by atoms with Gasteiger partial charge in [-0.25, -0.2) is 4.99 Å². The molecule has 2 heterocycles. The first-order valence-electron chi connectivity index (χ1n) is 11.1. The number of hydrogen-bond donors (Lipinski definition) is 0. The van der Waals surface area contributed by atoms with E-state index in [0.29, 0.717) is 4.53 Å². The molecule has 6 rings (SSSR count). The lowest BCUT2D eigenvalue weighted by Gasteiger charge is -2.30. The van der Waals surface area contributed by atoms with Gasteiger partial charge in [0.25, 0.3) is 5.56 Å². The molecule has 0 radical (unpaired) electrons. The van der Waals surface area contributed by atoms with E-state index in [0.717, 1.165) is 38.9 Å². The van der Waals surface area contributed by atoms with Crippen molar-refractivity contribution in [3.05, 3.63) is 125 Å². The molecule has 0 amide bonds. The highest BCUT2D eigenvalue weighted by molar-refractivity contribution is 9.10. The molecule has 0 saturated heterocycles. The van der Waals surface area contributed by atoms with E-state index in [-0.39, 0.29) is 11.6 Å². The Morgan fingerprint density at radius 2 is 1.79 bits per heavy atom. The average molecular weight is 546 g/mol. The number of hydrogen-bond acceptors (Lipinski definition) is 4. The van der Waals surface area contributed by atoms with Gasteiger partial charge >= 0.3 is 0 Å². The SMILES string of the molecule is CSc1ccc(/C=c2\sc3n(c2=O)[C@H](c2ccc(Br)cc2)C2=C(N=3)c3ccccc3CC2)cc1. The van der Waals surface area contributed by atoms with Crippen LogP contribution in [0, 0.1) is 0 Å². The first-order valence-corrected chi connectivity index (χ1v) is 14.0. The largest absolute Gasteiger partial charge is 0.272 e. The lowest BCUT2D eigenvalue weighted by Crippen LogP contribution is -2.38. The number of benzene rings is 3. The van der Waals surface area contributed by atoms with E-state index in [9.17, 15) is 4.79 Å². The van der Waals surface area contributed by atoms with Crippen LogP contribution in [0.15, 0.2) is 97.5 Å². The Morgan fingerprint density at radius 1 is 1.03 bits per heavy atom. The van der Waals surface area contributed by atoms with Crippen LogP contribution in [-0.4, -0.2) is 10.8 Å². The molecular weight excluding hydrogens is 524 g/mol. The summed E-state index contributed by atoms with van der Waals surface area (Å²) in [5.74, 6) is 0. The van der Waals surface area contributed by atoms with Crippen LogP contribution in [0.2, 0.25) is 0 Å². The number of aryl methyl sites for hydroxylation is 1. The molecule has 4 aromatic rings. The van der Waals surface area contributed by atoms with E-state index in [1.54, 1.807) is 11.8 Å². The molecule has 1 aliphatic heterocycles. The molecule has 1 atom stereocenters.